The Balaban J connectivity index is 1.66. The summed E-state index contributed by atoms with van der Waals surface area (Å²) in [7, 11) is -3.71. The fourth-order valence-corrected chi connectivity index (χ4v) is 4.98. The molecule has 1 aliphatic heterocycles. The van der Waals surface area contributed by atoms with E-state index in [-0.39, 0.29) is 10.5 Å². The van der Waals surface area contributed by atoms with E-state index in [0.717, 1.165) is 18.1 Å². The number of fused-ring (bicyclic) bond motifs is 1. The van der Waals surface area contributed by atoms with Gasteiger partial charge < -0.3 is 5.32 Å². The van der Waals surface area contributed by atoms with Crippen molar-refractivity contribution < 1.29 is 17.6 Å². The lowest BCUT2D eigenvalue weighted by Crippen LogP contribution is -2.35. The van der Waals surface area contributed by atoms with Crippen LogP contribution in [0.15, 0.2) is 77.7 Å². The molecule has 0 bridgehead atoms. The monoisotopic (exact) mass is 410 g/mol. The Bertz CT molecular complexity index is 1160. The molecule has 1 N–H and O–H groups in total. The van der Waals surface area contributed by atoms with Crippen LogP contribution in [0.25, 0.3) is 0 Å². The van der Waals surface area contributed by atoms with E-state index in [4.69, 9.17) is 0 Å². The fourth-order valence-electron chi connectivity index (χ4n) is 3.42. The number of rotatable bonds is 4. The van der Waals surface area contributed by atoms with Crippen LogP contribution in [0.3, 0.4) is 0 Å². The van der Waals surface area contributed by atoms with Gasteiger partial charge in [0.25, 0.3) is 15.9 Å². The molecule has 0 aromatic heterocycles. The van der Waals surface area contributed by atoms with Gasteiger partial charge in [-0.1, -0.05) is 30.3 Å². The molecule has 1 heterocycles. The van der Waals surface area contributed by atoms with Crippen molar-refractivity contribution in [2.24, 2.45) is 0 Å². The Morgan fingerprint density at radius 3 is 2.52 bits per heavy atom. The Labute approximate surface area is 168 Å². The minimum absolute atomic E-state index is 0.191. The molecule has 0 unspecified atom stereocenters. The normalized spacial score (nSPS) is 13.6. The lowest BCUT2D eigenvalue weighted by atomic mass is 10.0. The second-order valence-electron chi connectivity index (χ2n) is 6.80. The molecule has 0 saturated heterocycles. The number of carbonyl (C=O) groups excluding carboxylic acids is 1. The SMILES string of the molecule is O=C(Nc1ccc2c(c1)N(S(=O)(=O)c1ccccc1)CCC2)c1cccc(F)c1. The van der Waals surface area contributed by atoms with Crippen molar-refractivity contribution in [3.05, 3.63) is 89.7 Å². The fraction of sp³-hybridized carbons (Fsp3) is 0.136. The summed E-state index contributed by atoms with van der Waals surface area (Å²) in [6, 6.07) is 18.9. The first-order valence-electron chi connectivity index (χ1n) is 9.23. The van der Waals surface area contributed by atoms with Gasteiger partial charge in [0.05, 0.1) is 10.6 Å². The zero-order chi connectivity index (χ0) is 20.4. The molecular formula is C22H19FN2O3S. The standard InChI is InChI=1S/C22H19FN2O3S/c23-18-8-4-6-17(14-18)22(26)24-19-12-11-16-7-5-13-25(21(16)15-19)29(27,28)20-9-2-1-3-10-20/h1-4,6,8-12,14-15H,5,7,13H2,(H,24,26). The zero-order valence-electron chi connectivity index (χ0n) is 15.5. The van der Waals surface area contributed by atoms with Crippen LogP contribution in [0.5, 0.6) is 0 Å². The van der Waals surface area contributed by atoms with Crippen LogP contribution in [0.2, 0.25) is 0 Å². The van der Waals surface area contributed by atoms with Gasteiger partial charge >= 0.3 is 0 Å². The van der Waals surface area contributed by atoms with E-state index in [1.165, 1.54) is 22.5 Å². The van der Waals surface area contributed by atoms with Crippen LogP contribution in [-0.2, 0) is 16.4 Å². The van der Waals surface area contributed by atoms with Crippen LogP contribution in [0.1, 0.15) is 22.3 Å². The minimum Gasteiger partial charge on any atom is -0.322 e. The molecule has 0 aliphatic carbocycles. The molecule has 0 radical (unpaired) electrons. The van der Waals surface area contributed by atoms with Crippen molar-refractivity contribution in [1.29, 1.82) is 0 Å². The smallest absolute Gasteiger partial charge is 0.264 e. The molecule has 1 amide bonds. The average Bonchev–Trinajstić information content (AvgIpc) is 2.74. The maximum Gasteiger partial charge on any atom is 0.264 e. The number of nitrogens with zero attached hydrogens (tertiary/aromatic N) is 1. The van der Waals surface area contributed by atoms with Crippen LogP contribution >= 0.6 is 0 Å². The van der Waals surface area contributed by atoms with Gasteiger partial charge in [-0.2, -0.15) is 0 Å². The third kappa shape index (κ3) is 3.86. The van der Waals surface area contributed by atoms with E-state index in [2.05, 4.69) is 5.32 Å². The van der Waals surface area contributed by atoms with Gasteiger partial charge in [-0.05, 0) is 60.9 Å². The van der Waals surface area contributed by atoms with Crippen LogP contribution in [-0.4, -0.2) is 20.9 Å². The summed E-state index contributed by atoms with van der Waals surface area (Å²) in [6.45, 7) is 0.367. The van der Waals surface area contributed by atoms with Crippen LogP contribution in [0.4, 0.5) is 15.8 Å². The summed E-state index contributed by atoms with van der Waals surface area (Å²) in [5.74, 6) is -0.957. The highest BCUT2D eigenvalue weighted by molar-refractivity contribution is 7.92. The van der Waals surface area contributed by atoms with Crippen molar-refractivity contribution in [2.75, 3.05) is 16.2 Å². The Morgan fingerprint density at radius 2 is 1.76 bits per heavy atom. The van der Waals surface area contributed by atoms with E-state index < -0.39 is 21.7 Å². The number of amides is 1. The van der Waals surface area contributed by atoms with Gasteiger partial charge in [0.2, 0.25) is 0 Å². The van der Waals surface area contributed by atoms with Crippen molar-refractivity contribution in [3.8, 4) is 0 Å². The average molecular weight is 410 g/mol. The molecule has 4 rings (SSSR count). The highest BCUT2D eigenvalue weighted by atomic mass is 32.2. The quantitative estimate of drug-likeness (QED) is 0.700. The van der Waals surface area contributed by atoms with E-state index in [9.17, 15) is 17.6 Å². The predicted molar refractivity (Wildman–Crippen MR) is 110 cm³/mol. The highest BCUT2D eigenvalue weighted by Gasteiger charge is 2.29. The van der Waals surface area contributed by atoms with E-state index >= 15 is 0 Å². The minimum atomic E-state index is -3.71. The zero-order valence-corrected chi connectivity index (χ0v) is 16.3. The molecule has 0 fully saturated rings. The molecule has 3 aromatic rings. The first kappa shape index (κ1) is 19.1. The maximum atomic E-state index is 13.4. The Kier molecular flexibility index (Phi) is 5.07. The number of sulfonamides is 1. The summed E-state index contributed by atoms with van der Waals surface area (Å²) in [5.41, 5.74) is 2.10. The van der Waals surface area contributed by atoms with E-state index in [0.29, 0.717) is 24.3 Å². The molecule has 148 valence electrons. The molecule has 0 atom stereocenters. The molecule has 7 heteroatoms. The van der Waals surface area contributed by atoms with Gasteiger partial charge in [-0.25, -0.2) is 12.8 Å². The summed E-state index contributed by atoms with van der Waals surface area (Å²) in [5, 5.41) is 2.72. The van der Waals surface area contributed by atoms with Crippen molar-refractivity contribution in [3.63, 3.8) is 0 Å². The molecule has 0 spiro atoms. The maximum absolute atomic E-state index is 13.4. The molecule has 1 aliphatic rings. The lowest BCUT2D eigenvalue weighted by Gasteiger charge is -2.31. The Morgan fingerprint density at radius 1 is 0.966 bits per heavy atom. The number of carbonyl (C=O) groups is 1. The summed E-state index contributed by atoms with van der Waals surface area (Å²) >= 11 is 0. The third-order valence-corrected chi connectivity index (χ3v) is 6.66. The highest BCUT2D eigenvalue weighted by Crippen LogP contribution is 2.34. The number of hydrogen-bond donors (Lipinski definition) is 1. The number of nitrogens with one attached hydrogen (secondary N) is 1. The number of benzene rings is 3. The lowest BCUT2D eigenvalue weighted by molar-refractivity contribution is 0.102. The summed E-state index contributed by atoms with van der Waals surface area (Å²) < 4.78 is 41.0. The molecule has 0 saturated carbocycles. The second kappa shape index (κ2) is 7.67. The topological polar surface area (TPSA) is 66.5 Å². The molecule has 29 heavy (non-hydrogen) atoms. The predicted octanol–water partition coefficient (Wildman–Crippen LogP) is 4.22. The van der Waals surface area contributed by atoms with Gasteiger partial charge in [0, 0.05) is 17.8 Å². The van der Waals surface area contributed by atoms with Gasteiger partial charge in [-0.15, -0.1) is 0 Å². The van der Waals surface area contributed by atoms with Crippen LogP contribution < -0.4 is 9.62 Å². The number of aryl methyl sites for hydroxylation is 1. The number of anilines is 2. The van der Waals surface area contributed by atoms with Crippen molar-refractivity contribution >= 4 is 27.3 Å². The first-order chi connectivity index (χ1) is 13.9. The van der Waals surface area contributed by atoms with Crippen molar-refractivity contribution in [2.45, 2.75) is 17.7 Å². The number of halogens is 1. The van der Waals surface area contributed by atoms with E-state index in [1.54, 1.807) is 42.5 Å². The first-order valence-corrected chi connectivity index (χ1v) is 10.7. The van der Waals surface area contributed by atoms with Crippen molar-refractivity contribution in [1.82, 2.24) is 0 Å². The summed E-state index contributed by atoms with van der Waals surface area (Å²) in [6.07, 6.45) is 1.47. The van der Waals surface area contributed by atoms with Gasteiger partial charge in [-0.3, -0.25) is 9.10 Å². The van der Waals surface area contributed by atoms with Crippen LogP contribution in [0, 0.1) is 5.82 Å². The molecule has 3 aromatic carbocycles. The van der Waals surface area contributed by atoms with Gasteiger partial charge in [0.15, 0.2) is 0 Å². The third-order valence-electron chi connectivity index (χ3n) is 4.84. The van der Waals surface area contributed by atoms with Gasteiger partial charge in [0.1, 0.15) is 5.82 Å². The molecule has 5 nitrogen and oxygen atoms in total. The van der Waals surface area contributed by atoms with E-state index in [1.807, 2.05) is 6.07 Å². The largest absolute Gasteiger partial charge is 0.322 e. The molecular weight excluding hydrogens is 391 g/mol. The second-order valence-corrected chi connectivity index (χ2v) is 8.66. The Hall–Kier alpha value is -3.19. The summed E-state index contributed by atoms with van der Waals surface area (Å²) in [4.78, 5) is 12.6. The number of hydrogen-bond acceptors (Lipinski definition) is 3.